The molecule has 0 bridgehead atoms. The fourth-order valence-electron chi connectivity index (χ4n) is 1.63. The second-order valence-corrected chi connectivity index (χ2v) is 9.09. The van der Waals surface area contributed by atoms with Crippen LogP contribution in [0.25, 0.3) is 4.13 Å². The number of imidazole rings is 1. The van der Waals surface area contributed by atoms with Crippen LogP contribution in [0, 0.1) is 0 Å². The van der Waals surface area contributed by atoms with Crippen LogP contribution in [0.2, 0.25) is 0 Å². The molecule has 0 fully saturated rings. The molecule has 1 heterocycles. The zero-order valence-corrected chi connectivity index (χ0v) is 17.8. The second kappa shape index (κ2) is 10.9. The van der Waals surface area contributed by atoms with Crippen molar-refractivity contribution in [1.29, 1.82) is 0 Å². The van der Waals surface area contributed by atoms with Crippen LogP contribution in [0.4, 0.5) is 26.3 Å². The number of sulfonamides is 2. The maximum absolute atomic E-state index is 11.4. The van der Waals surface area contributed by atoms with Gasteiger partial charge >= 0.3 is 17.0 Å². The molecule has 1 rings (SSSR count). The Morgan fingerprint density at radius 1 is 1.16 bits per heavy atom. The van der Waals surface area contributed by atoms with Crippen molar-refractivity contribution in [1.82, 2.24) is 4.57 Å². The Balaban J connectivity index is 0.000000582. The number of unbranched alkanes of at least 4 members (excludes halogenated alkanes) is 1. The van der Waals surface area contributed by atoms with Crippen LogP contribution in [-0.4, -0.2) is 38.4 Å². The molecule has 0 aliphatic carbocycles. The molecule has 0 aliphatic heterocycles. The number of carbonyl (C=O) groups excluding carboxylic acids is 1. The minimum atomic E-state index is -6.72. The number of alkyl halides is 6. The van der Waals surface area contributed by atoms with Gasteiger partial charge in [-0.15, -0.1) is 0 Å². The molecule has 0 N–H and O–H groups in total. The van der Waals surface area contributed by atoms with Crippen molar-refractivity contribution in [3.05, 3.63) is 35.0 Å². The van der Waals surface area contributed by atoms with Gasteiger partial charge in [0.15, 0.2) is 32.3 Å². The van der Waals surface area contributed by atoms with Gasteiger partial charge in [0, 0.05) is 6.08 Å². The summed E-state index contributed by atoms with van der Waals surface area (Å²) in [6.07, 6.45) is 7.51. The minimum absolute atomic E-state index is 0.292. The van der Waals surface area contributed by atoms with Gasteiger partial charge in [-0.05, 0) is 6.42 Å². The van der Waals surface area contributed by atoms with Gasteiger partial charge in [0.2, 0.25) is 6.33 Å². The molecule has 0 spiro atoms. The lowest BCUT2D eigenvalue weighted by Gasteiger charge is -2.22. The molecule has 1 aromatic heterocycles. The van der Waals surface area contributed by atoms with E-state index in [0.29, 0.717) is 6.61 Å². The van der Waals surface area contributed by atoms with Crippen LogP contribution >= 0.6 is 0 Å². The van der Waals surface area contributed by atoms with Crippen molar-refractivity contribution in [2.75, 3.05) is 0 Å². The molecule has 9 nitrogen and oxygen atoms in total. The molecule has 0 aromatic carbocycles. The van der Waals surface area contributed by atoms with Gasteiger partial charge in [0.25, 0.3) is 0 Å². The van der Waals surface area contributed by atoms with E-state index in [1.54, 1.807) is 0 Å². The first kappa shape index (κ1) is 28.9. The third-order valence-electron chi connectivity index (χ3n) is 3.17. The Morgan fingerprint density at radius 2 is 1.65 bits per heavy atom. The lowest BCUT2D eigenvalue weighted by atomic mass is 10.3. The Bertz CT molecular complexity index is 926. The van der Waals surface area contributed by atoms with Crippen molar-refractivity contribution in [2.24, 2.45) is 7.05 Å². The first-order valence-electron chi connectivity index (χ1n) is 8.08. The average molecular weight is 503 g/mol. The maximum Gasteiger partial charge on any atom is 0.480 e. The number of carbonyl (C=O) groups is 1. The summed E-state index contributed by atoms with van der Waals surface area (Å²) < 4.78 is 118. The number of aryl methyl sites for hydroxylation is 2. The van der Waals surface area contributed by atoms with Crippen LogP contribution in [0.5, 0.6) is 0 Å². The normalized spacial score (nSPS) is 12.6. The molecular formula is C14H19F6N3O6S2. The molecule has 0 radical (unpaired) electrons. The van der Waals surface area contributed by atoms with Crippen molar-refractivity contribution in [2.45, 2.75) is 43.9 Å². The first-order valence-corrected chi connectivity index (χ1v) is 11.0. The lowest BCUT2D eigenvalue weighted by Crippen LogP contribution is -2.30. The van der Waals surface area contributed by atoms with Crippen LogP contribution in [0.15, 0.2) is 25.2 Å². The lowest BCUT2D eigenvalue weighted by molar-refractivity contribution is -0.697. The second-order valence-electron chi connectivity index (χ2n) is 5.67. The van der Waals surface area contributed by atoms with Crippen molar-refractivity contribution in [3.63, 3.8) is 0 Å². The molecular weight excluding hydrogens is 484 g/mol. The number of hydrogen-bond donors (Lipinski definition) is 0. The van der Waals surface area contributed by atoms with Gasteiger partial charge in [0.1, 0.15) is 6.20 Å². The molecule has 17 heteroatoms. The summed E-state index contributed by atoms with van der Waals surface area (Å²) in [5.74, 6) is -0.388. The number of nitrogens with zero attached hydrogens (tertiary/aromatic N) is 3. The molecule has 1 aromatic rings. The Hall–Kier alpha value is -2.14. The summed E-state index contributed by atoms with van der Waals surface area (Å²) in [5, 5.41) is 0. The van der Waals surface area contributed by atoms with Crippen LogP contribution in [0.1, 0.15) is 25.5 Å². The van der Waals surface area contributed by atoms with E-state index in [-0.39, 0.29) is 5.97 Å². The van der Waals surface area contributed by atoms with E-state index in [1.165, 1.54) is 12.5 Å². The van der Waals surface area contributed by atoms with E-state index >= 15 is 0 Å². The Labute approximate surface area is 174 Å². The minimum Gasteiger partial charge on any atom is -0.454 e. The molecule has 0 amide bonds. The Morgan fingerprint density at radius 3 is 2.03 bits per heavy atom. The summed E-state index contributed by atoms with van der Waals surface area (Å²) in [6, 6.07) is 0. The SMILES string of the molecule is C=CC(=O)OCc1c[n+](CCCC)cn1C.O=S(=O)([N-]S(=O)(=O)C(F)(F)F)C(F)(F)F. The molecule has 0 unspecified atom stereocenters. The van der Waals surface area contributed by atoms with Gasteiger partial charge in [-0.3, -0.25) is 0 Å². The number of rotatable bonds is 8. The number of ether oxygens (including phenoxy) is 1. The fraction of sp³-hybridized carbons (Fsp3) is 0.571. The highest BCUT2D eigenvalue weighted by Crippen LogP contribution is 2.36. The van der Waals surface area contributed by atoms with Crippen LogP contribution in [0.3, 0.4) is 0 Å². The van der Waals surface area contributed by atoms with E-state index in [0.717, 1.165) is 22.8 Å². The van der Waals surface area contributed by atoms with E-state index in [1.807, 2.05) is 24.1 Å². The van der Waals surface area contributed by atoms with E-state index < -0.39 is 31.1 Å². The highest BCUT2D eigenvalue weighted by atomic mass is 32.3. The number of halogens is 6. The fourth-order valence-corrected chi connectivity index (χ4v) is 3.34. The van der Waals surface area contributed by atoms with Gasteiger partial charge in [-0.25, -0.2) is 30.8 Å². The Kier molecular flexibility index (Phi) is 10.2. The molecule has 0 saturated heterocycles. The summed E-state index contributed by atoms with van der Waals surface area (Å²) in [7, 11) is -11.5. The predicted octanol–water partition coefficient (Wildman–Crippen LogP) is 2.40. The van der Waals surface area contributed by atoms with Gasteiger partial charge in [-0.2, -0.15) is 26.3 Å². The third-order valence-corrected chi connectivity index (χ3v) is 5.91. The first-order chi connectivity index (χ1) is 13.9. The smallest absolute Gasteiger partial charge is 0.454 e. The largest absolute Gasteiger partial charge is 0.480 e. The van der Waals surface area contributed by atoms with Gasteiger partial charge in [0.05, 0.1) is 13.6 Å². The standard InChI is InChI=1S/C12H19N2O2.C2F6NO4S2/c1-4-6-7-14-8-11(13(3)10-14)9-16-12(15)5-2;3-1(4,5)14(10,11)9-15(12,13)2(6,7)8/h5,8,10H,2,4,6-7,9H2,1,3H3;/q+1;-1. The van der Waals surface area contributed by atoms with E-state index in [9.17, 15) is 48.0 Å². The van der Waals surface area contributed by atoms with Crippen molar-refractivity contribution in [3.8, 4) is 0 Å². The van der Waals surface area contributed by atoms with E-state index in [4.69, 9.17) is 4.74 Å². The third kappa shape index (κ3) is 9.26. The molecule has 31 heavy (non-hydrogen) atoms. The molecule has 0 aliphatic rings. The van der Waals surface area contributed by atoms with Gasteiger partial charge in [-0.1, -0.05) is 19.9 Å². The molecule has 0 atom stereocenters. The quantitative estimate of drug-likeness (QED) is 0.233. The highest BCUT2D eigenvalue weighted by molar-refractivity contribution is 8.13. The number of esters is 1. The maximum atomic E-state index is 11.4. The monoisotopic (exact) mass is 503 g/mol. The zero-order chi connectivity index (χ0) is 24.7. The molecule has 180 valence electrons. The summed E-state index contributed by atoms with van der Waals surface area (Å²) in [4.78, 5) is 10.9. The predicted molar refractivity (Wildman–Crippen MR) is 93.8 cm³/mol. The van der Waals surface area contributed by atoms with E-state index in [2.05, 4.69) is 18.1 Å². The summed E-state index contributed by atoms with van der Waals surface area (Å²) in [5.41, 5.74) is -11.4. The topological polar surface area (TPSA) is 117 Å². The average Bonchev–Trinajstić information content (AvgIpc) is 2.95. The van der Waals surface area contributed by atoms with Crippen LogP contribution in [-0.2, 0) is 49.8 Å². The highest BCUT2D eigenvalue weighted by Gasteiger charge is 2.46. The zero-order valence-electron chi connectivity index (χ0n) is 16.1. The van der Waals surface area contributed by atoms with Gasteiger partial charge < -0.3 is 8.86 Å². The summed E-state index contributed by atoms with van der Waals surface area (Å²) >= 11 is 0. The van der Waals surface area contributed by atoms with Crippen molar-refractivity contribution < 1.29 is 57.3 Å². The van der Waals surface area contributed by atoms with Crippen molar-refractivity contribution >= 4 is 26.0 Å². The van der Waals surface area contributed by atoms with Crippen LogP contribution < -0.4 is 4.57 Å². The summed E-state index contributed by atoms with van der Waals surface area (Å²) in [6.45, 7) is 6.81. The molecule has 0 saturated carbocycles. The number of aromatic nitrogens is 2. The number of hydrogen-bond acceptors (Lipinski definition) is 6.